The number of carboxylic acid groups (broad SMARTS) is 1. The maximum absolute atomic E-state index is 12.1. The lowest BCUT2D eigenvalue weighted by Crippen LogP contribution is -2.23. The van der Waals surface area contributed by atoms with Crippen LogP contribution in [-0.4, -0.2) is 36.0 Å². The van der Waals surface area contributed by atoms with Crippen LogP contribution in [0.4, 0.5) is 0 Å². The zero-order valence-corrected chi connectivity index (χ0v) is 15.4. The highest BCUT2D eigenvalue weighted by Gasteiger charge is 2.25. The van der Waals surface area contributed by atoms with Crippen LogP contribution < -0.4 is 10.2 Å². The first-order chi connectivity index (χ1) is 12.4. The molecule has 1 aromatic heterocycles. The minimum absolute atomic E-state index is 0.125. The molecule has 1 unspecified atom stereocenters. The molecule has 0 spiro atoms. The minimum atomic E-state index is -1.22. The Bertz CT molecular complexity index is 906. The number of carbonyl (C=O) groups is 1. The number of nitrogens with zero attached hydrogens (tertiary/aromatic N) is 1. The molecule has 2 heterocycles. The molecule has 1 aliphatic rings. The van der Waals surface area contributed by atoms with E-state index in [1.165, 1.54) is 12.3 Å². The molecule has 0 saturated heterocycles. The number of fused-ring (bicyclic) bond motifs is 3. The fraction of sp³-hybridized carbons (Fsp3) is 0.368. The lowest BCUT2D eigenvalue weighted by molar-refractivity contribution is 0.0694. The quantitative estimate of drug-likeness (QED) is 0.780. The van der Waals surface area contributed by atoms with E-state index in [9.17, 15) is 9.59 Å². The summed E-state index contributed by atoms with van der Waals surface area (Å²) in [5.74, 6) is -0.492. The predicted octanol–water partition coefficient (Wildman–Crippen LogP) is 3.40. The van der Waals surface area contributed by atoms with Crippen LogP contribution in [0.5, 0.6) is 5.75 Å². The number of methoxy groups -OCH3 is 1. The molecule has 2 aromatic rings. The number of aromatic nitrogens is 1. The number of rotatable bonds is 6. The Hall–Kier alpha value is -2.31. The first-order valence-corrected chi connectivity index (χ1v) is 8.73. The average Bonchev–Trinajstić information content (AvgIpc) is 2.59. The summed E-state index contributed by atoms with van der Waals surface area (Å²) in [6.45, 7) is 3.73. The molecular weight excluding hydrogens is 358 g/mol. The van der Waals surface area contributed by atoms with E-state index < -0.39 is 11.4 Å². The first kappa shape index (κ1) is 18.5. The van der Waals surface area contributed by atoms with Crippen molar-refractivity contribution in [1.82, 2.24) is 4.57 Å². The summed E-state index contributed by atoms with van der Waals surface area (Å²) in [5, 5.41) is 9.62. The van der Waals surface area contributed by atoms with E-state index in [2.05, 4.69) is 0 Å². The minimum Gasteiger partial charge on any atom is -0.492 e. The maximum Gasteiger partial charge on any atom is 0.341 e. The van der Waals surface area contributed by atoms with Gasteiger partial charge in [0.05, 0.1) is 17.3 Å². The SMILES string of the molecule is COCCCOc1cc2c(cc1Cl)-c1cc(=O)c(C(=O)O)cn1CC2C. The van der Waals surface area contributed by atoms with Gasteiger partial charge in [-0.25, -0.2) is 4.79 Å². The molecule has 6 nitrogen and oxygen atoms in total. The third-order valence-electron chi connectivity index (χ3n) is 4.49. The lowest BCUT2D eigenvalue weighted by atomic mass is 9.89. The third kappa shape index (κ3) is 3.48. The molecule has 0 radical (unpaired) electrons. The van der Waals surface area contributed by atoms with E-state index in [-0.39, 0.29) is 11.5 Å². The highest BCUT2D eigenvalue weighted by atomic mass is 35.5. The molecule has 26 heavy (non-hydrogen) atoms. The summed E-state index contributed by atoms with van der Waals surface area (Å²) in [6.07, 6.45) is 2.16. The number of benzene rings is 1. The second kappa shape index (κ2) is 7.51. The largest absolute Gasteiger partial charge is 0.492 e. The molecule has 1 aromatic carbocycles. The Balaban J connectivity index is 2.01. The van der Waals surface area contributed by atoms with Gasteiger partial charge in [-0.1, -0.05) is 18.5 Å². The lowest BCUT2D eigenvalue weighted by Gasteiger charge is -2.28. The van der Waals surface area contributed by atoms with Gasteiger partial charge < -0.3 is 19.1 Å². The molecule has 0 amide bonds. The van der Waals surface area contributed by atoms with E-state index in [4.69, 9.17) is 26.2 Å². The van der Waals surface area contributed by atoms with E-state index in [0.717, 1.165) is 17.5 Å². The van der Waals surface area contributed by atoms with Crippen molar-refractivity contribution in [3.63, 3.8) is 0 Å². The molecule has 0 saturated carbocycles. The monoisotopic (exact) mass is 377 g/mol. The highest BCUT2D eigenvalue weighted by molar-refractivity contribution is 6.32. The van der Waals surface area contributed by atoms with Crippen molar-refractivity contribution in [1.29, 1.82) is 0 Å². The molecule has 1 atom stereocenters. The second-order valence-electron chi connectivity index (χ2n) is 6.36. The predicted molar refractivity (Wildman–Crippen MR) is 98.5 cm³/mol. The maximum atomic E-state index is 12.1. The molecule has 0 bridgehead atoms. The van der Waals surface area contributed by atoms with Crippen molar-refractivity contribution in [3.05, 3.63) is 50.8 Å². The van der Waals surface area contributed by atoms with Crippen LogP contribution in [0.3, 0.4) is 0 Å². The summed E-state index contributed by atoms with van der Waals surface area (Å²) in [5.41, 5.74) is 1.78. The number of aromatic carboxylic acids is 1. The van der Waals surface area contributed by atoms with Crippen LogP contribution in [0.2, 0.25) is 5.02 Å². The van der Waals surface area contributed by atoms with Gasteiger partial charge in [0.1, 0.15) is 11.3 Å². The van der Waals surface area contributed by atoms with Gasteiger partial charge in [0.15, 0.2) is 5.43 Å². The average molecular weight is 378 g/mol. The van der Waals surface area contributed by atoms with Gasteiger partial charge in [-0.05, 0) is 23.6 Å². The topological polar surface area (TPSA) is 77.8 Å². The molecular formula is C19H20ClNO5. The molecule has 7 heteroatoms. The number of carboxylic acids is 1. The Labute approximate surface area is 155 Å². The van der Waals surface area contributed by atoms with Crippen LogP contribution >= 0.6 is 11.6 Å². The highest BCUT2D eigenvalue weighted by Crippen LogP contribution is 2.41. The van der Waals surface area contributed by atoms with Gasteiger partial charge in [-0.2, -0.15) is 0 Å². The summed E-state index contributed by atoms with van der Waals surface area (Å²) in [7, 11) is 1.64. The summed E-state index contributed by atoms with van der Waals surface area (Å²) in [4.78, 5) is 23.3. The fourth-order valence-electron chi connectivity index (χ4n) is 3.21. The molecule has 1 aliphatic heterocycles. The number of halogens is 1. The molecule has 3 rings (SSSR count). The summed E-state index contributed by atoms with van der Waals surface area (Å²) < 4.78 is 12.6. The van der Waals surface area contributed by atoms with E-state index >= 15 is 0 Å². The van der Waals surface area contributed by atoms with Crippen molar-refractivity contribution >= 4 is 17.6 Å². The van der Waals surface area contributed by atoms with E-state index in [0.29, 0.717) is 36.2 Å². The van der Waals surface area contributed by atoms with Crippen LogP contribution in [0.25, 0.3) is 11.3 Å². The summed E-state index contributed by atoms with van der Waals surface area (Å²) >= 11 is 6.37. The van der Waals surface area contributed by atoms with Gasteiger partial charge in [0.2, 0.25) is 0 Å². The van der Waals surface area contributed by atoms with E-state index in [1.807, 2.05) is 13.0 Å². The molecule has 0 aliphatic carbocycles. The van der Waals surface area contributed by atoms with Crippen molar-refractivity contribution < 1.29 is 19.4 Å². The Morgan fingerprint density at radius 1 is 1.35 bits per heavy atom. The number of ether oxygens (including phenoxy) is 2. The van der Waals surface area contributed by atoms with Gasteiger partial charge >= 0.3 is 5.97 Å². The molecule has 138 valence electrons. The van der Waals surface area contributed by atoms with Crippen LogP contribution in [-0.2, 0) is 11.3 Å². The normalized spacial score (nSPS) is 15.3. The van der Waals surface area contributed by atoms with Crippen LogP contribution in [0.15, 0.2) is 29.2 Å². The molecule has 0 fully saturated rings. The third-order valence-corrected chi connectivity index (χ3v) is 4.79. The first-order valence-electron chi connectivity index (χ1n) is 8.35. The van der Waals surface area contributed by atoms with Crippen molar-refractivity contribution in [2.45, 2.75) is 25.8 Å². The van der Waals surface area contributed by atoms with E-state index in [1.54, 1.807) is 17.7 Å². The van der Waals surface area contributed by atoms with Crippen molar-refractivity contribution in [3.8, 4) is 17.0 Å². The zero-order chi connectivity index (χ0) is 18.8. The molecule has 1 N–H and O–H groups in total. The summed E-state index contributed by atoms with van der Waals surface area (Å²) in [6, 6.07) is 5.06. The fourth-order valence-corrected chi connectivity index (χ4v) is 3.42. The smallest absolute Gasteiger partial charge is 0.341 e. The second-order valence-corrected chi connectivity index (χ2v) is 6.77. The van der Waals surface area contributed by atoms with Gasteiger partial charge in [0.25, 0.3) is 0 Å². The standard InChI is InChI=1S/C19H20ClNO5/c1-11-9-21-10-14(19(23)24)17(22)8-16(21)13-6-15(20)18(7-12(11)13)26-5-3-4-25-2/h6-8,10-11H,3-5,9H2,1-2H3,(H,23,24). The van der Waals surface area contributed by atoms with Crippen LogP contribution in [0, 0.1) is 0 Å². The van der Waals surface area contributed by atoms with Gasteiger partial charge in [-0.15, -0.1) is 0 Å². The Morgan fingerprint density at radius 3 is 2.81 bits per heavy atom. The Kier molecular flexibility index (Phi) is 5.34. The number of hydrogen-bond donors (Lipinski definition) is 1. The number of hydrogen-bond acceptors (Lipinski definition) is 4. The Morgan fingerprint density at radius 2 is 2.12 bits per heavy atom. The van der Waals surface area contributed by atoms with Gasteiger partial charge in [0, 0.05) is 44.5 Å². The van der Waals surface area contributed by atoms with Crippen molar-refractivity contribution in [2.24, 2.45) is 0 Å². The van der Waals surface area contributed by atoms with Gasteiger partial charge in [-0.3, -0.25) is 4.79 Å². The number of pyridine rings is 1. The van der Waals surface area contributed by atoms with Crippen LogP contribution in [0.1, 0.15) is 35.2 Å². The zero-order valence-electron chi connectivity index (χ0n) is 14.6. The van der Waals surface area contributed by atoms with Crippen molar-refractivity contribution in [2.75, 3.05) is 20.3 Å².